The molecule has 1 aliphatic heterocycles. The van der Waals surface area contributed by atoms with Gasteiger partial charge in [-0.05, 0) is 56.7 Å². The molecular weight excluding hydrogens is 348 g/mol. The quantitative estimate of drug-likeness (QED) is 0.871. The minimum atomic E-state index is -3.49. The SMILES string of the molecule is Cc1cc(C)c(S(=O)(=O)NCC2CCN(c3ncccn3)CC2)c(C)c1. The Morgan fingerprint density at radius 3 is 2.23 bits per heavy atom. The van der Waals surface area contributed by atoms with Gasteiger partial charge in [0.2, 0.25) is 16.0 Å². The fourth-order valence-corrected chi connectivity index (χ4v) is 5.25. The first-order chi connectivity index (χ1) is 12.4. The van der Waals surface area contributed by atoms with Crippen molar-refractivity contribution in [2.75, 3.05) is 24.5 Å². The summed E-state index contributed by atoms with van der Waals surface area (Å²) in [7, 11) is -3.49. The van der Waals surface area contributed by atoms with Gasteiger partial charge in [-0.1, -0.05) is 17.7 Å². The molecule has 0 spiro atoms. The molecule has 2 heterocycles. The van der Waals surface area contributed by atoms with Gasteiger partial charge in [0, 0.05) is 32.0 Å². The lowest BCUT2D eigenvalue weighted by molar-refractivity contribution is 0.399. The standard InChI is InChI=1S/C19H26N4O2S/c1-14-11-15(2)18(16(3)12-14)26(24,25)22-13-17-5-9-23(10-6-17)19-20-7-4-8-21-19/h4,7-8,11-12,17,22H,5-6,9-10,13H2,1-3H3. The van der Waals surface area contributed by atoms with Crippen LogP contribution in [-0.4, -0.2) is 38.0 Å². The summed E-state index contributed by atoms with van der Waals surface area (Å²) >= 11 is 0. The van der Waals surface area contributed by atoms with Gasteiger partial charge in [-0.2, -0.15) is 0 Å². The summed E-state index contributed by atoms with van der Waals surface area (Å²) in [6, 6.07) is 5.64. The topological polar surface area (TPSA) is 75.2 Å². The lowest BCUT2D eigenvalue weighted by Crippen LogP contribution is -2.39. The monoisotopic (exact) mass is 374 g/mol. The van der Waals surface area contributed by atoms with Crippen molar-refractivity contribution in [1.82, 2.24) is 14.7 Å². The average molecular weight is 375 g/mol. The molecule has 1 aromatic carbocycles. The number of hydrogen-bond donors (Lipinski definition) is 1. The van der Waals surface area contributed by atoms with Crippen molar-refractivity contribution in [3.8, 4) is 0 Å². The van der Waals surface area contributed by atoms with Crippen molar-refractivity contribution in [2.45, 2.75) is 38.5 Å². The van der Waals surface area contributed by atoms with E-state index >= 15 is 0 Å². The molecule has 1 N–H and O–H groups in total. The molecule has 6 nitrogen and oxygen atoms in total. The number of piperidine rings is 1. The van der Waals surface area contributed by atoms with Crippen LogP contribution in [0.3, 0.4) is 0 Å². The third-order valence-corrected chi connectivity index (χ3v) is 6.61. The minimum Gasteiger partial charge on any atom is -0.341 e. The highest BCUT2D eigenvalue weighted by molar-refractivity contribution is 7.89. The zero-order valence-corrected chi connectivity index (χ0v) is 16.4. The fourth-order valence-electron chi connectivity index (χ4n) is 3.68. The number of sulfonamides is 1. The zero-order chi connectivity index (χ0) is 18.7. The molecule has 0 amide bonds. The van der Waals surface area contributed by atoms with Crippen LogP contribution in [0.25, 0.3) is 0 Å². The Hall–Kier alpha value is -1.99. The van der Waals surface area contributed by atoms with E-state index in [1.54, 1.807) is 18.5 Å². The van der Waals surface area contributed by atoms with E-state index in [-0.39, 0.29) is 0 Å². The Morgan fingerprint density at radius 2 is 1.65 bits per heavy atom. The first-order valence-corrected chi connectivity index (χ1v) is 10.4. The third kappa shape index (κ3) is 4.22. The van der Waals surface area contributed by atoms with Crippen molar-refractivity contribution >= 4 is 16.0 Å². The van der Waals surface area contributed by atoms with Crippen molar-refractivity contribution in [3.63, 3.8) is 0 Å². The molecule has 7 heteroatoms. The van der Waals surface area contributed by atoms with Crippen LogP contribution in [-0.2, 0) is 10.0 Å². The maximum absolute atomic E-state index is 12.8. The second kappa shape index (κ2) is 7.72. The summed E-state index contributed by atoms with van der Waals surface area (Å²) in [4.78, 5) is 11.1. The van der Waals surface area contributed by atoms with E-state index in [4.69, 9.17) is 0 Å². The number of benzene rings is 1. The van der Waals surface area contributed by atoms with Crippen molar-refractivity contribution in [1.29, 1.82) is 0 Å². The number of nitrogens with zero attached hydrogens (tertiary/aromatic N) is 3. The van der Waals surface area contributed by atoms with E-state index in [1.807, 2.05) is 32.9 Å². The molecule has 1 fully saturated rings. The largest absolute Gasteiger partial charge is 0.341 e. The molecule has 0 unspecified atom stereocenters. The molecule has 1 aliphatic rings. The molecule has 1 aromatic heterocycles. The number of anilines is 1. The summed E-state index contributed by atoms with van der Waals surface area (Å²) < 4.78 is 28.4. The summed E-state index contributed by atoms with van der Waals surface area (Å²) in [6.07, 6.45) is 5.34. The second-order valence-electron chi connectivity index (χ2n) is 7.06. The van der Waals surface area contributed by atoms with Crippen molar-refractivity contribution in [2.24, 2.45) is 5.92 Å². The lowest BCUT2D eigenvalue weighted by Gasteiger charge is -2.32. The lowest BCUT2D eigenvalue weighted by atomic mass is 9.97. The number of aromatic nitrogens is 2. The van der Waals surface area contributed by atoms with Gasteiger partial charge >= 0.3 is 0 Å². The van der Waals surface area contributed by atoms with E-state index in [1.165, 1.54) is 0 Å². The van der Waals surface area contributed by atoms with Crippen LogP contribution in [0.4, 0.5) is 5.95 Å². The Kier molecular flexibility index (Phi) is 5.58. The minimum absolute atomic E-state index is 0.329. The van der Waals surface area contributed by atoms with Gasteiger partial charge in [-0.3, -0.25) is 0 Å². The van der Waals surface area contributed by atoms with Crippen LogP contribution in [0.2, 0.25) is 0 Å². The molecular formula is C19H26N4O2S. The first-order valence-electron chi connectivity index (χ1n) is 8.96. The average Bonchev–Trinajstić information content (AvgIpc) is 2.60. The molecule has 1 saturated heterocycles. The number of aryl methyl sites for hydroxylation is 3. The summed E-state index contributed by atoms with van der Waals surface area (Å²) in [5, 5.41) is 0. The molecule has 0 atom stereocenters. The van der Waals surface area contributed by atoms with E-state index in [2.05, 4.69) is 19.6 Å². The van der Waals surface area contributed by atoms with Crippen LogP contribution in [0.5, 0.6) is 0 Å². The molecule has 3 rings (SSSR count). The van der Waals surface area contributed by atoms with Gasteiger partial charge in [0.05, 0.1) is 4.90 Å². The third-order valence-electron chi connectivity index (χ3n) is 4.88. The Balaban J connectivity index is 1.60. The number of hydrogen-bond acceptors (Lipinski definition) is 5. The van der Waals surface area contributed by atoms with Crippen LogP contribution in [0.15, 0.2) is 35.5 Å². The summed E-state index contributed by atoms with van der Waals surface area (Å²) in [6.45, 7) is 7.85. The van der Waals surface area contributed by atoms with Gasteiger partial charge in [-0.25, -0.2) is 23.1 Å². The summed E-state index contributed by atoms with van der Waals surface area (Å²) in [5.74, 6) is 1.08. The molecule has 0 saturated carbocycles. The Morgan fingerprint density at radius 1 is 1.08 bits per heavy atom. The fraction of sp³-hybridized carbons (Fsp3) is 0.474. The molecule has 140 valence electrons. The van der Waals surface area contributed by atoms with E-state index < -0.39 is 10.0 Å². The Labute approximate surface area is 155 Å². The van der Waals surface area contributed by atoms with Crippen LogP contribution in [0.1, 0.15) is 29.5 Å². The van der Waals surface area contributed by atoms with Gasteiger partial charge in [0.1, 0.15) is 0 Å². The highest BCUT2D eigenvalue weighted by Crippen LogP contribution is 2.23. The molecule has 0 aliphatic carbocycles. The van der Waals surface area contributed by atoms with Crippen LogP contribution >= 0.6 is 0 Å². The van der Waals surface area contributed by atoms with Crippen molar-refractivity contribution in [3.05, 3.63) is 47.3 Å². The smallest absolute Gasteiger partial charge is 0.241 e. The summed E-state index contributed by atoms with van der Waals surface area (Å²) in [5.41, 5.74) is 2.67. The number of rotatable bonds is 5. The van der Waals surface area contributed by atoms with Crippen LogP contribution in [0, 0.1) is 26.7 Å². The highest BCUT2D eigenvalue weighted by Gasteiger charge is 2.24. The second-order valence-corrected chi connectivity index (χ2v) is 8.76. The molecule has 0 bridgehead atoms. The highest BCUT2D eigenvalue weighted by atomic mass is 32.2. The van der Waals surface area contributed by atoms with Gasteiger partial charge < -0.3 is 4.90 Å². The molecule has 0 radical (unpaired) electrons. The van der Waals surface area contributed by atoms with E-state index in [9.17, 15) is 8.42 Å². The van der Waals surface area contributed by atoms with Crippen LogP contribution < -0.4 is 9.62 Å². The van der Waals surface area contributed by atoms with Gasteiger partial charge in [-0.15, -0.1) is 0 Å². The molecule has 2 aromatic rings. The van der Waals surface area contributed by atoms with Gasteiger partial charge in [0.25, 0.3) is 0 Å². The van der Waals surface area contributed by atoms with E-state index in [0.717, 1.165) is 48.6 Å². The number of nitrogens with one attached hydrogen (secondary N) is 1. The maximum Gasteiger partial charge on any atom is 0.241 e. The Bertz CT molecular complexity index is 837. The van der Waals surface area contributed by atoms with E-state index in [0.29, 0.717) is 17.4 Å². The predicted molar refractivity (Wildman–Crippen MR) is 103 cm³/mol. The zero-order valence-electron chi connectivity index (χ0n) is 15.6. The van der Waals surface area contributed by atoms with Crippen molar-refractivity contribution < 1.29 is 8.42 Å². The normalized spacial score (nSPS) is 16.0. The first kappa shape index (κ1) is 18.8. The van der Waals surface area contributed by atoms with Gasteiger partial charge in [0.15, 0.2) is 0 Å². The maximum atomic E-state index is 12.8. The predicted octanol–water partition coefficient (Wildman–Crippen LogP) is 2.60. The molecule has 26 heavy (non-hydrogen) atoms.